The van der Waals surface area contributed by atoms with Crippen LogP contribution in [0.25, 0.3) is 0 Å². The summed E-state index contributed by atoms with van der Waals surface area (Å²) in [5.41, 5.74) is 7.62. The van der Waals surface area contributed by atoms with E-state index in [0.717, 1.165) is 18.5 Å². The van der Waals surface area contributed by atoms with Crippen LogP contribution in [0.15, 0.2) is 24.4 Å². The average molecular weight is 495 g/mol. The second-order valence-electron chi connectivity index (χ2n) is 7.42. The molecule has 1 saturated heterocycles. The Bertz CT molecular complexity index is 1150. The summed E-state index contributed by atoms with van der Waals surface area (Å²) < 4.78 is 24.7. The van der Waals surface area contributed by atoms with Crippen LogP contribution < -0.4 is 15.8 Å². The number of nitrogens with one attached hydrogen (secondary N) is 2. The van der Waals surface area contributed by atoms with Crippen molar-refractivity contribution in [2.45, 2.75) is 25.2 Å². The standard InChI is InChI=1S/C21H21Cl2FN6O3/c22-13-1-2-14(24)18(23)12(13)5-8-33-17-9-15(28-30-20(17)25)21(31)27-16-10-26-29-19(16)11-3-6-32-7-4-11/h1-2,9-11H,3-8H2,(H2,25,30)(H,26,29)(H,27,31). The topological polar surface area (TPSA) is 128 Å². The van der Waals surface area contributed by atoms with Crippen molar-refractivity contribution < 1.29 is 18.7 Å². The number of aromatic amines is 1. The number of halogens is 3. The monoisotopic (exact) mass is 494 g/mol. The van der Waals surface area contributed by atoms with Crippen LogP contribution in [-0.2, 0) is 11.2 Å². The van der Waals surface area contributed by atoms with Gasteiger partial charge in [0.05, 0.1) is 23.0 Å². The van der Waals surface area contributed by atoms with E-state index in [1.54, 1.807) is 6.20 Å². The Morgan fingerprint density at radius 2 is 2.09 bits per heavy atom. The van der Waals surface area contributed by atoms with Gasteiger partial charge in [-0.3, -0.25) is 9.89 Å². The smallest absolute Gasteiger partial charge is 0.276 e. The molecule has 4 N–H and O–H groups in total. The molecule has 0 bridgehead atoms. The Kier molecular flexibility index (Phi) is 7.26. The maximum absolute atomic E-state index is 13.7. The van der Waals surface area contributed by atoms with Gasteiger partial charge in [-0.25, -0.2) is 4.39 Å². The minimum absolute atomic E-state index is 0.00851. The van der Waals surface area contributed by atoms with Crippen molar-refractivity contribution in [3.63, 3.8) is 0 Å². The third-order valence-corrected chi connectivity index (χ3v) is 6.06. The Hall–Kier alpha value is -2.95. The molecule has 1 aliphatic heterocycles. The van der Waals surface area contributed by atoms with Gasteiger partial charge in [-0.1, -0.05) is 23.2 Å². The Balaban J connectivity index is 1.43. The molecule has 4 rings (SSSR count). The molecule has 0 unspecified atom stereocenters. The van der Waals surface area contributed by atoms with E-state index in [0.29, 0.717) is 29.5 Å². The zero-order valence-corrected chi connectivity index (χ0v) is 18.9. The SMILES string of the molecule is Nc1nnc(C(=O)Nc2c[nH]nc2C2CCOCC2)cc1OCCc1c(Cl)ccc(F)c1Cl. The highest BCUT2D eigenvalue weighted by Gasteiger charge is 2.23. The molecule has 0 saturated carbocycles. The van der Waals surface area contributed by atoms with Gasteiger partial charge >= 0.3 is 0 Å². The maximum Gasteiger partial charge on any atom is 0.276 e. The predicted octanol–water partition coefficient (Wildman–Crippen LogP) is 4.00. The third kappa shape index (κ3) is 5.35. The first kappa shape index (κ1) is 23.2. The minimum atomic E-state index is -0.570. The number of amides is 1. The normalized spacial score (nSPS) is 14.3. The number of nitrogen functional groups attached to an aromatic ring is 1. The van der Waals surface area contributed by atoms with Crippen LogP contribution in [-0.4, -0.2) is 46.1 Å². The molecule has 12 heteroatoms. The second kappa shape index (κ2) is 10.3. The number of hydrogen-bond acceptors (Lipinski definition) is 7. The van der Waals surface area contributed by atoms with Gasteiger partial charge in [0.25, 0.3) is 5.91 Å². The Morgan fingerprint density at radius 3 is 2.88 bits per heavy atom. The summed E-state index contributed by atoms with van der Waals surface area (Å²) in [6.07, 6.45) is 3.50. The van der Waals surface area contributed by atoms with Crippen molar-refractivity contribution in [2.75, 3.05) is 30.9 Å². The van der Waals surface area contributed by atoms with Crippen molar-refractivity contribution in [3.05, 3.63) is 57.2 Å². The molecule has 1 fully saturated rings. The number of H-pyrrole nitrogens is 1. The van der Waals surface area contributed by atoms with Crippen LogP contribution in [0, 0.1) is 5.82 Å². The highest BCUT2D eigenvalue weighted by Crippen LogP contribution is 2.31. The first-order valence-corrected chi connectivity index (χ1v) is 11.0. The van der Waals surface area contributed by atoms with E-state index in [9.17, 15) is 9.18 Å². The number of benzene rings is 1. The van der Waals surface area contributed by atoms with Crippen molar-refractivity contribution >= 4 is 40.6 Å². The summed E-state index contributed by atoms with van der Waals surface area (Å²) in [6, 6.07) is 4.01. The zero-order chi connectivity index (χ0) is 23.4. The summed E-state index contributed by atoms with van der Waals surface area (Å²) >= 11 is 12.1. The summed E-state index contributed by atoms with van der Waals surface area (Å²) in [7, 11) is 0. The maximum atomic E-state index is 13.7. The zero-order valence-electron chi connectivity index (χ0n) is 17.4. The van der Waals surface area contributed by atoms with E-state index in [-0.39, 0.29) is 41.2 Å². The molecule has 33 heavy (non-hydrogen) atoms. The lowest BCUT2D eigenvalue weighted by Gasteiger charge is -2.21. The lowest BCUT2D eigenvalue weighted by atomic mass is 9.96. The molecule has 3 heterocycles. The number of ether oxygens (including phenoxy) is 2. The van der Waals surface area contributed by atoms with Crippen molar-refractivity contribution in [3.8, 4) is 5.75 Å². The number of hydrogen-bond donors (Lipinski definition) is 3. The van der Waals surface area contributed by atoms with Crippen molar-refractivity contribution in [1.82, 2.24) is 20.4 Å². The number of carbonyl (C=O) groups excluding carboxylic acids is 1. The van der Waals surface area contributed by atoms with Gasteiger partial charge in [-0.2, -0.15) is 5.10 Å². The predicted molar refractivity (Wildman–Crippen MR) is 121 cm³/mol. The molecule has 174 valence electrons. The molecule has 1 aromatic carbocycles. The van der Waals surface area contributed by atoms with E-state index in [1.165, 1.54) is 18.2 Å². The molecule has 3 aromatic rings. The van der Waals surface area contributed by atoms with E-state index < -0.39 is 11.7 Å². The average Bonchev–Trinajstić information content (AvgIpc) is 3.28. The molecule has 2 aromatic heterocycles. The fraction of sp³-hybridized carbons (Fsp3) is 0.333. The van der Waals surface area contributed by atoms with Gasteiger partial charge in [0.15, 0.2) is 17.3 Å². The van der Waals surface area contributed by atoms with Crippen LogP contribution in [0.5, 0.6) is 5.75 Å². The number of nitrogens with two attached hydrogens (primary N) is 1. The highest BCUT2D eigenvalue weighted by molar-refractivity contribution is 6.36. The molecular weight excluding hydrogens is 474 g/mol. The van der Waals surface area contributed by atoms with E-state index >= 15 is 0 Å². The molecule has 0 radical (unpaired) electrons. The molecule has 0 spiro atoms. The first-order chi connectivity index (χ1) is 15.9. The number of aromatic nitrogens is 4. The molecular formula is C21H21Cl2FN6O3. The van der Waals surface area contributed by atoms with Crippen LogP contribution in [0.1, 0.15) is 40.5 Å². The molecule has 1 aliphatic rings. The fourth-order valence-corrected chi connectivity index (χ4v) is 4.10. The van der Waals surface area contributed by atoms with Crippen LogP contribution >= 0.6 is 23.2 Å². The molecule has 0 aliphatic carbocycles. The second-order valence-corrected chi connectivity index (χ2v) is 8.21. The van der Waals surface area contributed by atoms with Crippen molar-refractivity contribution in [2.24, 2.45) is 0 Å². The van der Waals surface area contributed by atoms with Crippen LogP contribution in [0.3, 0.4) is 0 Å². The van der Waals surface area contributed by atoms with Crippen molar-refractivity contribution in [1.29, 1.82) is 0 Å². The molecule has 1 amide bonds. The van der Waals surface area contributed by atoms with E-state index in [4.69, 9.17) is 38.4 Å². The Labute approximate surface area is 198 Å². The largest absolute Gasteiger partial charge is 0.489 e. The van der Waals surface area contributed by atoms with Gasteiger partial charge < -0.3 is 20.5 Å². The summed E-state index contributed by atoms with van der Waals surface area (Å²) in [6.45, 7) is 1.39. The van der Waals surface area contributed by atoms with Gasteiger partial charge in [-0.15, -0.1) is 10.2 Å². The van der Waals surface area contributed by atoms with Gasteiger partial charge in [-0.05, 0) is 30.5 Å². The number of rotatable bonds is 7. The lowest BCUT2D eigenvalue weighted by Crippen LogP contribution is -2.19. The molecule has 0 atom stereocenters. The lowest BCUT2D eigenvalue weighted by molar-refractivity contribution is 0.0846. The number of carbonyl (C=O) groups is 1. The van der Waals surface area contributed by atoms with Crippen LogP contribution in [0.4, 0.5) is 15.9 Å². The van der Waals surface area contributed by atoms with Crippen LogP contribution in [0.2, 0.25) is 10.0 Å². The van der Waals surface area contributed by atoms with E-state index in [2.05, 4.69) is 25.7 Å². The number of nitrogens with zero attached hydrogens (tertiary/aromatic N) is 3. The summed E-state index contributed by atoms with van der Waals surface area (Å²) in [5, 5.41) is 17.8. The van der Waals surface area contributed by atoms with Gasteiger partial charge in [0.2, 0.25) is 0 Å². The fourth-order valence-electron chi connectivity index (χ4n) is 3.54. The van der Waals surface area contributed by atoms with E-state index in [1.807, 2.05) is 0 Å². The minimum Gasteiger partial charge on any atom is -0.489 e. The van der Waals surface area contributed by atoms with Gasteiger partial charge in [0.1, 0.15) is 5.82 Å². The summed E-state index contributed by atoms with van der Waals surface area (Å²) in [4.78, 5) is 12.8. The molecule has 9 nitrogen and oxygen atoms in total. The summed E-state index contributed by atoms with van der Waals surface area (Å²) in [5.74, 6) is -0.694. The Morgan fingerprint density at radius 1 is 1.30 bits per heavy atom. The van der Waals surface area contributed by atoms with Gasteiger partial charge in [0, 0.05) is 42.8 Å². The quantitative estimate of drug-likeness (QED) is 0.423. The first-order valence-electron chi connectivity index (χ1n) is 10.2. The highest BCUT2D eigenvalue weighted by atomic mass is 35.5. The third-order valence-electron chi connectivity index (χ3n) is 5.29. The number of anilines is 2.